The van der Waals surface area contributed by atoms with Crippen molar-refractivity contribution >= 4 is 21.8 Å². The quantitative estimate of drug-likeness (QED) is 0.404. The third kappa shape index (κ3) is 6.09. The van der Waals surface area contributed by atoms with E-state index in [9.17, 15) is 18.0 Å². The van der Waals surface area contributed by atoms with Crippen molar-refractivity contribution in [1.82, 2.24) is 20.1 Å². The molecule has 40 heavy (non-hydrogen) atoms. The minimum Gasteiger partial charge on any atom is -0.326 e. The number of amides is 2. The Labute approximate surface area is 235 Å². The summed E-state index contributed by atoms with van der Waals surface area (Å²) in [7, 11) is -3.52. The molecule has 0 bridgehead atoms. The number of nitrogens with one attached hydrogen (secondary N) is 2. The molecule has 10 heteroatoms. The molecule has 2 amide bonds. The van der Waals surface area contributed by atoms with E-state index < -0.39 is 34.1 Å². The first-order valence-electron chi connectivity index (χ1n) is 13.5. The maximum absolute atomic E-state index is 14.2. The Kier molecular flexibility index (Phi) is 8.30. The molecule has 2 aromatic carbocycles. The fraction of sp³-hybridized carbons (Fsp3) is 0.367. The first-order valence-corrected chi connectivity index (χ1v) is 15.4. The second-order valence-corrected chi connectivity index (χ2v) is 12.4. The van der Waals surface area contributed by atoms with Gasteiger partial charge >= 0.3 is 0 Å². The monoisotopic (exact) mass is 562 g/mol. The van der Waals surface area contributed by atoms with Crippen molar-refractivity contribution in [3.05, 3.63) is 101 Å². The first kappa shape index (κ1) is 27.9. The summed E-state index contributed by atoms with van der Waals surface area (Å²) in [5.41, 5.74) is 6.38. The van der Waals surface area contributed by atoms with Gasteiger partial charge in [0.1, 0.15) is 0 Å². The second-order valence-electron chi connectivity index (χ2n) is 10.6. The van der Waals surface area contributed by atoms with E-state index in [4.69, 9.17) is 4.84 Å². The highest BCUT2D eigenvalue weighted by molar-refractivity contribution is 7.88. The number of nitrogens with zero attached hydrogens (tertiary/aromatic N) is 2. The highest BCUT2D eigenvalue weighted by Crippen LogP contribution is 2.46. The molecule has 1 aliphatic heterocycles. The minimum absolute atomic E-state index is 0.156. The van der Waals surface area contributed by atoms with Crippen LogP contribution in [0.4, 0.5) is 0 Å². The maximum atomic E-state index is 14.2. The van der Waals surface area contributed by atoms with Crippen LogP contribution in [0, 0.1) is 6.92 Å². The Bertz CT molecular complexity index is 1460. The average Bonchev–Trinajstić information content (AvgIpc) is 2.94. The van der Waals surface area contributed by atoms with E-state index in [1.165, 1.54) is 0 Å². The van der Waals surface area contributed by atoms with Gasteiger partial charge in [0.25, 0.3) is 11.8 Å². The zero-order valence-electron chi connectivity index (χ0n) is 22.6. The molecule has 0 radical (unpaired) electrons. The number of carbonyl (C=O) groups excluding carboxylic acids is 2. The zero-order chi connectivity index (χ0) is 28.3. The summed E-state index contributed by atoms with van der Waals surface area (Å²) in [6.07, 6.45) is 7.38. The molecule has 1 saturated carbocycles. The summed E-state index contributed by atoms with van der Waals surface area (Å²) < 4.78 is 27.4. The van der Waals surface area contributed by atoms with E-state index in [0.717, 1.165) is 35.8 Å². The molecule has 210 valence electrons. The summed E-state index contributed by atoms with van der Waals surface area (Å²) in [5, 5.41) is 0. The predicted octanol–water partition coefficient (Wildman–Crippen LogP) is 3.78. The van der Waals surface area contributed by atoms with Gasteiger partial charge in [-0.15, -0.1) is 0 Å². The molecular formula is C30H34N4O5S. The summed E-state index contributed by atoms with van der Waals surface area (Å²) in [4.78, 5) is 39.6. The first-order chi connectivity index (χ1) is 19.2. The summed E-state index contributed by atoms with van der Waals surface area (Å²) >= 11 is 0. The molecule has 1 fully saturated rings. The number of sulfonamides is 1. The molecular weight excluding hydrogens is 528 g/mol. The molecule has 2 heterocycles. The van der Waals surface area contributed by atoms with E-state index in [1.54, 1.807) is 41.6 Å². The number of rotatable bonds is 8. The van der Waals surface area contributed by atoms with Crippen LogP contribution in [0.15, 0.2) is 73.1 Å². The maximum Gasteiger partial charge on any atom is 0.255 e. The zero-order valence-corrected chi connectivity index (χ0v) is 23.4. The number of fused-ring (bicyclic) bond motifs is 1. The summed E-state index contributed by atoms with van der Waals surface area (Å²) in [6.45, 7) is 2.14. The second kappa shape index (κ2) is 11.9. The molecule has 1 aliphatic carbocycles. The van der Waals surface area contributed by atoms with Gasteiger partial charge in [0, 0.05) is 30.0 Å². The van der Waals surface area contributed by atoms with Crippen molar-refractivity contribution in [2.24, 2.45) is 0 Å². The molecule has 1 aromatic heterocycles. The number of aryl methyl sites for hydroxylation is 1. The van der Waals surface area contributed by atoms with Crippen molar-refractivity contribution in [3.63, 3.8) is 0 Å². The van der Waals surface area contributed by atoms with Crippen molar-refractivity contribution < 1.29 is 22.8 Å². The van der Waals surface area contributed by atoms with Gasteiger partial charge in [-0.05, 0) is 54.7 Å². The van der Waals surface area contributed by atoms with E-state index in [1.807, 2.05) is 43.3 Å². The van der Waals surface area contributed by atoms with Gasteiger partial charge < -0.3 is 4.90 Å². The minimum atomic E-state index is -3.52. The standard InChI is InChI=1S/C30H34N4O5S/c1-20-11-13-22(14-12-20)28-27(29(35)32-39-19-21-15-17-31-18-16-21)23-7-3-4-8-24(23)30(36)34(28)26-10-6-5-9-25(26)33-40(2,37)38/h3-4,7-8,11-18,25-28,33H,5-6,9-10,19H2,1-2H3,(H,32,35)/t25-,26-,27+,28-/m0/s1. The molecule has 3 aromatic rings. The van der Waals surface area contributed by atoms with Crippen LogP contribution < -0.4 is 10.2 Å². The van der Waals surface area contributed by atoms with Gasteiger partial charge in [-0.1, -0.05) is 60.9 Å². The average molecular weight is 563 g/mol. The number of hydroxylamine groups is 1. The van der Waals surface area contributed by atoms with Crippen molar-refractivity contribution in [1.29, 1.82) is 0 Å². The topological polar surface area (TPSA) is 118 Å². The van der Waals surface area contributed by atoms with Crippen LogP contribution >= 0.6 is 0 Å². The highest BCUT2D eigenvalue weighted by atomic mass is 32.2. The predicted molar refractivity (Wildman–Crippen MR) is 150 cm³/mol. The Morgan fingerprint density at radius 2 is 1.73 bits per heavy atom. The van der Waals surface area contributed by atoms with Crippen molar-refractivity contribution in [2.45, 2.75) is 63.3 Å². The van der Waals surface area contributed by atoms with E-state index in [2.05, 4.69) is 15.2 Å². The van der Waals surface area contributed by atoms with E-state index >= 15 is 0 Å². The van der Waals surface area contributed by atoms with Crippen LogP contribution in [-0.4, -0.2) is 48.5 Å². The molecule has 0 saturated heterocycles. The molecule has 0 spiro atoms. The molecule has 9 nitrogen and oxygen atoms in total. The van der Waals surface area contributed by atoms with Crippen molar-refractivity contribution in [2.75, 3.05) is 6.26 Å². The van der Waals surface area contributed by atoms with E-state index in [-0.39, 0.29) is 18.4 Å². The van der Waals surface area contributed by atoms with Gasteiger partial charge in [0.2, 0.25) is 10.0 Å². The summed E-state index contributed by atoms with van der Waals surface area (Å²) in [5.74, 6) is -1.38. The number of hydrogen-bond acceptors (Lipinski definition) is 6. The molecule has 0 unspecified atom stereocenters. The van der Waals surface area contributed by atoms with E-state index in [0.29, 0.717) is 24.0 Å². The number of hydrogen-bond donors (Lipinski definition) is 2. The van der Waals surface area contributed by atoms with Crippen LogP contribution in [0.2, 0.25) is 0 Å². The van der Waals surface area contributed by atoms with Gasteiger partial charge in [-0.2, -0.15) is 0 Å². The number of carbonyl (C=O) groups is 2. The van der Waals surface area contributed by atoms with Crippen LogP contribution in [0.25, 0.3) is 0 Å². The van der Waals surface area contributed by atoms with Gasteiger partial charge in [0.05, 0.1) is 24.8 Å². The Balaban J connectivity index is 1.57. The SMILES string of the molecule is Cc1ccc([C@H]2[C@H](C(=O)NOCc3ccncc3)c3ccccc3C(=O)N2[C@H]2CCCC[C@@H]2NS(C)(=O)=O)cc1. The Morgan fingerprint density at radius 1 is 1.02 bits per heavy atom. The van der Waals surface area contributed by atoms with Crippen LogP contribution in [0.1, 0.15) is 70.3 Å². The summed E-state index contributed by atoms with van der Waals surface area (Å²) in [6, 6.07) is 17.0. The molecule has 5 rings (SSSR count). The third-order valence-electron chi connectivity index (χ3n) is 7.69. The smallest absolute Gasteiger partial charge is 0.255 e. The number of benzene rings is 2. The fourth-order valence-corrected chi connectivity index (χ4v) is 6.73. The van der Waals surface area contributed by atoms with Gasteiger partial charge in [-0.25, -0.2) is 18.6 Å². The number of pyridine rings is 1. The largest absolute Gasteiger partial charge is 0.326 e. The van der Waals surface area contributed by atoms with Crippen LogP contribution in [0.3, 0.4) is 0 Å². The lowest BCUT2D eigenvalue weighted by molar-refractivity contribution is -0.138. The molecule has 4 atom stereocenters. The lowest BCUT2D eigenvalue weighted by Crippen LogP contribution is -2.59. The van der Waals surface area contributed by atoms with Crippen molar-refractivity contribution in [3.8, 4) is 0 Å². The Hall–Kier alpha value is -3.60. The number of aromatic nitrogens is 1. The lowest BCUT2D eigenvalue weighted by atomic mass is 9.76. The van der Waals surface area contributed by atoms with Crippen LogP contribution in [-0.2, 0) is 26.3 Å². The lowest BCUT2D eigenvalue weighted by Gasteiger charge is -2.49. The normalized spacial score (nSPS) is 22.9. The van der Waals surface area contributed by atoms with Crippen LogP contribution in [0.5, 0.6) is 0 Å². The molecule has 2 aliphatic rings. The molecule has 2 N–H and O–H groups in total. The van der Waals surface area contributed by atoms with Gasteiger partial charge in [-0.3, -0.25) is 19.4 Å². The fourth-order valence-electron chi connectivity index (χ4n) is 5.91. The highest BCUT2D eigenvalue weighted by Gasteiger charge is 2.48. The third-order valence-corrected chi connectivity index (χ3v) is 8.42. The van der Waals surface area contributed by atoms with Gasteiger partial charge in [0.15, 0.2) is 0 Å². The Morgan fingerprint density at radius 3 is 2.45 bits per heavy atom.